The van der Waals surface area contributed by atoms with Crippen molar-refractivity contribution in [3.05, 3.63) is 36.4 Å². The van der Waals surface area contributed by atoms with Crippen molar-refractivity contribution in [3.63, 3.8) is 0 Å². The van der Waals surface area contributed by atoms with Gasteiger partial charge in [-0.15, -0.1) is 0 Å². The van der Waals surface area contributed by atoms with Crippen LogP contribution in [0.15, 0.2) is 35.8 Å². The Balaban J connectivity index is 0.000000379. The molecule has 1 aliphatic rings. The predicted octanol–water partition coefficient (Wildman–Crippen LogP) is 2.37. The van der Waals surface area contributed by atoms with Crippen LogP contribution >= 0.6 is 0 Å². The minimum Gasteiger partial charge on any atom is -0.372 e. The van der Waals surface area contributed by atoms with Crippen molar-refractivity contribution >= 4 is 23.6 Å². The van der Waals surface area contributed by atoms with Crippen LogP contribution in [0.4, 0.5) is 14.5 Å². The van der Waals surface area contributed by atoms with Gasteiger partial charge < -0.3 is 16.4 Å². The van der Waals surface area contributed by atoms with Gasteiger partial charge in [0, 0.05) is 31.3 Å². The number of nitrogens with zero attached hydrogens (tertiary/aromatic N) is 2. The van der Waals surface area contributed by atoms with E-state index < -0.39 is 5.92 Å². The molecule has 5 nitrogen and oxygen atoms in total. The molecule has 23 heavy (non-hydrogen) atoms. The van der Waals surface area contributed by atoms with Crippen molar-refractivity contribution in [3.8, 4) is 0 Å². The zero-order valence-corrected chi connectivity index (χ0v) is 13.1. The molecule has 1 fully saturated rings. The molecule has 1 aliphatic heterocycles. The van der Waals surface area contributed by atoms with E-state index in [1.807, 2.05) is 12.1 Å². The molecule has 0 bridgehead atoms. The van der Waals surface area contributed by atoms with Gasteiger partial charge in [-0.25, -0.2) is 8.78 Å². The third-order valence-electron chi connectivity index (χ3n) is 3.42. The topological polar surface area (TPSA) is 84.7 Å². The summed E-state index contributed by atoms with van der Waals surface area (Å²) in [6, 6.07) is 7.26. The number of nitrogens with two attached hydrogens (primary N) is 2. The molecule has 1 saturated heterocycles. The van der Waals surface area contributed by atoms with Crippen molar-refractivity contribution in [1.29, 1.82) is 0 Å². The van der Waals surface area contributed by atoms with Crippen LogP contribution in [0.2, 0.25) is 0 Å². The van der Waals surface area contributed by atoms with Crippen LogP contribution in [0.5, 0.6) is 0 Å². The Kier molecular flexibility index (Phi) is 6.68. The van der Waals surface area contributed by atoms with E-state index in [4.69, 9.17) is 11.5 Å². The van der Waals surface area contributed by atoms with E-state index in [-0.39, 0.29) is 17.9 Å². The Morgan fingerprint density at radius 1 is 1.26 bits per heavy atom. The smallest absolute Gasteiger partial charge is 0.270 e. The molecule has 126 valence electrons. The molecule has 1 heterocycles. The third-order valence-corrected chi connectivity index (χ3v) is 3.42. The number of alkyl halides is 2. The number of anilines is 1. The lowest BCUT2D eigenvalue weighted by atomic mass is 10.0. The van der Waals surface area contributed by atoms with E-state index in [1.165, 1.54) is 12.8 Å². The molecule has 1 amide bonds. The number of carbonyl (C=O) groups excluding carboxylic acids is 1. The van der Waals surface area contributed by atoms with Crippen molar-refractivity contribution < 1.29 is 13.6 Å². The Morgan fingerprint density at radius 3 is 2.13 bits per heavy atom. The summed E-state index contributed by atoms with van der Waals surface area (Å²) in [5.41, 5.74) is 10.9. The van der Waals surface area contributed by atoms with Crippen molar-refractivity contribution in [2.45, 2.75) is 25.7 Å². The van der Waals surface area contributed by atoms with E-state index in [2.05, 4.69) is 16.5 Å². The number of allylic oxidation sites excluding steroid dienone is 1. The molecule has 0 aromatic heterocycles. The molecule has 0 unspecified atom stereocenters. The number of benzene rings is 1. The van der Waals surface area contributed by atoms with E-state index in [9.17, 15) is 13.6 Å². The van der Waals surface area contributed by atoms with Crippen molar-refractivity contribution in [2.24, 2.45) is 16.5 Å². The van der Waals surface area contributed by atoms with Crippen LogP contribution in [0.25, 0.3) is 5.57 Å². The second-order valence-electron chi connectivity index (χ2n) is 5.27. The summed E-state index contributed by atoms with van der Waals surface area (Å²) in [6.45, 7) is 6.46. The van der Waals surface area contributed by atoms with Crippen molar-refractivity contribution in [1.82, 2.24) is 0 Å². The van der Waals surface area contributed by atoms with Crippen molar-refractivity contribution in [2.75, 3.05) is 18.0 Å². The molecule has 0 radical (unpaired) electrons. The van der Waals surface area contributed by atoms with Gasteiger partial charge in [-0.05, 0) is 30.5 Å². The molecular weight excluding hydrogens is 302 g/mol. The zero-order chi connectivity index (χ0) is 17.5. The van der Waals surface area contributed by atoms with Gasteiger partial charge in [0.2, 0.25) is 6.41 Å². The van der Waals surface area contributed by atoms with Crippen LogP contribution in [-0.4, -0.2) is 31.4 Å². The van der Waals surface area contributed by atoms with Gasteiger partial charge in [-0.3, -0.25) is 4.79 Å². The van der Waals surface area contributed by atoms with Gasteiger partial charge in [0.1, 0.15) is 0 Å². The van der Waals surface area contributed by atoms with Gasteiger partial charge in [0.15, 0.2) is 5.96 Å². The number of carbonyl (C=O) groups is 1. The predicted molar refractivity (Wildman–Crippen MR) is 89.4 cm³/mol. The van der Waals surface area contributed by atoms with Crippen LogP contribution in [0, 0.1) is 0 Å². The summed E-state index contributed by atoms with van der Waals surface area (Å²) in [7, 11) is 0. The first-order valence-corrected chi connectivity index (χ1v) is 7.20. The largest absolute Gasteiger partial charge is 0.372 e. The number of rotatable bonds is 4. The normalized spacial score (nSPS) is 13.8. The lowest BCUT2D eigenvalue weighted by Crippen LogP contribution is -2.22. The highest BCUT2D eigenvalue weighted by Crippen LogP contribution is 2.31. The van der Waals surface area contributed by atoms with Crippen LogP contribution in [0.1, 0.15) is 25.3 Å². The minimum absolute atomic E-state index is 0.120. The molecule has 1 aromatic rings. The second kappa shape index (κ2) is 8.26. The fourth-order valence-corrected chi connectivity index (χ4v) is 2.16. The van der Waals surface area contributed by atoms with Gasteiger partial charge in [0.25, 0.3) is 5.92 Å². The molecule has 1 aromatic carbocycles. The standard InChI is InChI=1S/C14H17F2N.C2H5N3O/c1-11(14(2,15)16)12-5-7-13(8-6-12)17-9-3-4-10-17;3-2(4)5-1-6/h5-8H,1,3-4,9-10H2,2H3;1H,(H4,3,4,5,6). The molecule has 0 atom stereocenters. The van der Waals surface area contributed by atoms with Crippen LogP contribution in [0.3, 0.4) is 0 Å². The van der Waals surface area contributed by atoms with Gasteiger partial charge in [-0.1, -0.05) is 18.7 Å². The summed E-state index contributed by atoms with van der Waals surface area (Å²) in [6.07, 6.45) is 2.71. The maximum absolute atomic E-state index is 13.1. The first-order chi connectivity index (χ1) is 10.8. The number of halogens is 2. The highest BCUT2D eigenvalue weighted by Gasteiger charge is 2.26. The minimum atomic E-state index is -2.85. The Labute approximate surface area is 134 Å². The highest BCUT2D eigenvalue weighted by atomic mass is 19.3. The first kappa shape index (κ1) is 18.6. The SMILES string of the molecule is C=C(c1ccc(N2CCCC2)cc1)C(C)(F)F.NC(N)=NC=O. The molecule has 0 saturated carbocycles. The maximum Gasteiger partial charge on any atom is 0.270 e. The zero-order valence-electron chi connectivity index (χ0n) is 13.1. The quantitative estimate of drug-likeness (QED) is 0.506. The summed E-state index contributed by atoms with van der Waals surface area (Å²) in [5.74, 6) is -3.06. The number of amides is 1. The van der Waals surface area contributed by atoms with E-state index in [0.29, 0.717) is 5.56 Å². The lowest BCUT2D eigenvalue weighted by Gasteiger charge is -2.19. The van der Waals surface area contributed by atoms with E-state index in [0.717, 1.165) is 25.7 Å². The number of hydrogen-bond acceptors (Lipinski definition) is 2. The monoisotopic (exact) mass is 324 g/mol. The Bertz CT molecular complexity index is 554. The van der Waals surface area contributed by atoms with Gasteiger partial charge in [-0.2, -0.15) is 4.99 Å². The fraction of sp³-hybridized carbons (Fsp3) is 0.375. The van der Waals surface area contributed by atoms with E-state index >= 15 is 0 Å². The molecule has 7 heteroatoms. The van der Waals surface area contributed by atoms with Gasteiger partial charge in [0.05, 0.1) is 0 Å². The lowest BCUT2D eigenvalue weighted by molar-refractivity contribution is -0.106. The summed E-state index contributed by atoms with van der Waals surface area (Å²) < 4.78 is 26.2. The molecule has 0 spiro atoms. The summed E-state index contributed by atoms with van der Waals surface area (Å²) >= 11 is 0. The first-order valence-electron chi connectivity index (χ1n) is 7.20. The summed E-state index contributed by atoms with van der Waals surface area (Å²) in [5, 5.41) is 0. The third kappa shape index (κ3) is 6.06. The highest BCUT2D eigenvalue weighted by molar-refractivity contribution is 5.82. The van der Waals surface area contributed by atoms with E-state index in [1.54, 1.807) is 12.1 Å². The molecular formula is C16H22F2N4O. The van der Waals surface area contributed by atoms with Gasteiger partial charge >= 0.3 is 0 Å². The summed E-state index contributed by atoms with van der Waals surface area (Å²) in [4.78, 5) is 14.5. The Hall–Kier alpha value is -2.44. The number of hydrogen-bond donors (Lipinski definition) is 2. The molecule has 2 rings (SSSR count). The van der Waals surface area contributed by atoms with Crippen LogP contribution in [-0.2, 0) is 4.79 Å². The molecule has 0 aliphatic carbocycles. The van der Waals surface area contributed by atoms with Crippen LogP contribution < -0.4 is 16.4 Å². The Morgan fingerprint density at radius 2 is 1.78 bits per heavy atom. The number of guanidine groups is 1. The molecule has 4 N–H and O–H groups in total. The second-order valence-corrected chi connectivity index (χ2v) is 5.27. The fourth-order valence-electron chi connectivity index (χ4n) is 2.16. The average Bonchev–Trinajstić information content (AvgIpc) is 3.00. The average molecular weight is 324 g/mol. The maximum atomic E-state index is 13.1. The number of aliphatic imine (C=N–C) groups is 1.